The van der Waals surface area contributed by atoms with Crippen LogP contribution in [0.15, 0.2) is 35.5 Å². The molecule has 2 heterocycles. The molecular weight excluding hydrogens is 290 g/mol. The zero-order chi connectivity index (χ0) is 13.0. The van der Waals surface area contributed by atoms with E-state index in [2.05, 4.69) is 21.5 Å². The van der Waals surface area contributed by atoms with Crippen LogP contribution in [0.3, 0.4) is 0 Å². The number of nitrogens with zero attached hydrogens (tertiary/aromatic N) is 3. The molecule has 0 aliphatic rings. The van der Waals surface area contributed by atoms with Crippen molar-refractivity contribution in [2.45, 2.75) is 5.75 Å². The molecule has 94 valence electrons. The number of halogens is 1. The molecule has 0 bridgehead atoms. The Morgan fingerprint density at radius 2 is 2.17 bits per heavy atom. The van der Waals surface area contributed by atoms with Crippen LogP contribution in [0, 0.1) is 0 Å². The molecule has 0 amide bonds. The standard InChI is InChI=1S/C11H10ClN3OS2/c1-8(12)6-18(16)7-9-5-17-11(15-9)10-13-3-2-4-14-10/h2-5H,1,6-7H2/t18-/m1/s1. The van der Waals surface area contributed by atoms with Crippen LogP contribution in [0.1, 0.15) is 5.69 Å². The lowest BCUT2D eigenvalue weighted by Crippen LogP contribution is -2.01. The van der Waals surface area contributed by atoms with Gasteiger partial charge < -0.3 is 0 Å². The average Bonchev–Trinajstić information content (AvgIpc) is 2.77. The summed E-state index contributed by atoms with van der Waals surface area (Å²) in [6.07, 6.45) is 3.33. The fourth-order valence-electron chi connectivity index (χ4n) is 1.28. The Hall–Kier alpha value is -1.11. The predicted molar refractivity (Wildman–Crippen MR) is 74.8 cm³/mol. The van der Waals surface area contributed by atoms with Gasteiger partial charge in [-0.2, -0.15) is 0 Å². The van der Waals surface area contributed by atoms with Crippen molar-refractivity contribution in [1.29, 1.82) is 0 Å². The van der Waals surface area contributed by atoms with E-state index in [-0.39, 0.29) is 5.75 Å². The second-order valence-corrected chi connectivity index (χ2v) is 6.31. The van der Waals surface area contributed by atoms with E-state index >= 15 is 0 Å². The molecule has 0 N–H and O–H groups in total. The average molecular weight is 300 g/mol. The van der Waals surface area contributed by atoms with E-state index in [1.54, 1.807) is 18.5 Å². The summed E-state index contributed by atoms with van der Waals surface area (Å²) in [6.45, 7) is 3.52. The van der Waals surface area contributed by atoms with E-state index in [0.717, 1.165) is 10.7 Å². The summed E-state index contributed by atoms with van der Waals surface area (Å²) in [5.74, 6) is 1.24. The number of rotatable bonds is 5. The summed E-state index contributed by atoms with van der Waals surface area (Å²) in [6, 6.07) is 1.75. The Morgan fingerprint density at radius 3 is 2.83 bits per heavy atom. The maximum Gasteiger partial charge on any atom is 0.188 e. The van der Waals surface area contributed by atoms with Gasteiger partial charge in [-0.3, -0.25) is 4.21 Å². The number of hydrogen-bond acceptors (Lipinski definition) is 5. The van der Waals surface area contributed by atoms with Crippen LogP contribution in [0.5, 0.6) is 0 Å². The van der Waals surface area contributed by atoms with E-state index in [1.807, 2.05) is 5.38 Å². The molecule has 0 saturated carbocycles. The van der Waals surface area contributed by atoms with Crippen molar-refractivity contribution in [3.05, 3.63) is 41.1 Å². The lowest BCUT2D eigenvalue weighted by atomic mass is 10.5. The summed E-state index contributed by atoms with van der Waals surface area (Å²) in [5.41, 5.74) is 0.763. The Kier molecular flexibility index (Phi) is 4.57. The van der Waals surface area contributed by atoms with E-state index in [0.29, 0.717) is 16.6 Å². The van der Waals surface area contributed by atoms with Gasteiger partial charge in [0.1, 0.15) is 0 Å². The van der Waals surface area contributed by atoms with Crippen molar-refractivity contribution < 1.29 is 4.21 Å². The fourth-order valence-corrected chi connectivity index (χ4v) is 3.44. The third-order valence-corrected chi connectivity index (χ3v) is 4.40. The molecule has 2 aromatic rings. The first-order valence-electron chi connectivity index (χ1n) is 5.05. The molecule has 0 aromatic carbocycles. The Bertz CT molecular complexity index is 571. The van der Waals surface area contributed by atoms with Gasteiger partial charge >= 0.3 is 0 Å². The van der Waals surface area contributed by atoms with Crippen LogP contribution in [0.4, 0.5) is 0 Å². The zero-order valence-corrected chi connectivity index (χ0v) is 11.8. The molecule has 7 heteroatoms. The van der Waals surface area contributed by atoms with Crippen LogP contribution in [0.2, 0.25) is 0 Å². The van der Waals surface area contributed by atoms with Crippen LogP contribution in [-0.2, 0) is 16.6 Å². The summed E-state index contributed by atoms with van der Waals surface area (Å²) in [7, 11) is -1.07. The van der Waals surface area contributed by atoms with Gasteiger partial charge in [-0.05, 0) is 6.07 Å². The molecule has 18 heavy (non-hydrogen) atoms. The van der Waals surface area contributed by atoms with Gasteiger partial charge in [-0.1, -0.05) is 18.2 Å². The fraction of sp³-hybridized carbons (Fsp3) is 0.182. The minimum absolute atomic E-state index is 0.288. The highest BCUT2D eigenvalue weighted by Crippen LogP contribution is 2.20. The first kappa shape index (κ1) is 13.3. The quantitative estimate of drug-likeness (QED) is 0.851. The van der Waals surface area contributed by atoms with Crippen LogP contribution >= 0.6 is 22.9 Å². The molecule has 0 fully saturated rings. The second kappa shape index (κ2) is 6.17. The largest absolute Gasteiger partial charge is 0.259 e. The first-order chi connectivity index (χ1) is 8.65. The number of hydrogen-bond donors (Lipinski definition) is 0. The van der Waals surface area contributed by atoms with Crippen molar-refractivity contribution in [1.82, 2.24) is 15.0 Å². The first-order valence-corrected chi connectivity index (χ1v) is 7.80. The minimum Gasteiger partial charge on any atom is -0.259 e. The highest BCUT2D eigenvalue weighted by atomic mass is 35.5. The summed E-state index contributed by atoms with van der Waals surface area (Å²) in [5, 5.41) is 2.99. The third-order valence-electron chi connectivity index (χ3n) is 1.94. The van der Waals surface area contributed by atoms with Crippen LogP contribution in [-0.4, -0.2) is 24.9 Å². The number of aromatic nitrogens is 3. The third kappa shape index (κ3) is 3.69. The highest BCUT2D eigenvalue weighted by molar-refractivity contribution is 7.84. The van der Waals surface area contributed by atoms with E-state index in [1.165, 1.54) is 11.3 Å². The Labute approximate surface area is 116 Å². The molecule has 0 radical (unpaired) electrons. The lowest BCUT2D eigenvalue weighted by molar-refractivity contribution is 0.684. The molecule has 2 aromatic heterocycles. The molecule has 2 rings (SSSR count). The molecule has 4 nitrogen and oxygen atoms in total. The summed E-state index contributed by atoms with van der Waals surface area (Å²) in [4.78, 5) is 12.6. The van der Waals surface area contributed by atoms with Gasteiger partial charge in [0.15, 0.2) is 10.8 Å². The minimum atomic E-state index is -1.07. The second-order valence-electron chi connectivity index (χ2n) is 3.46. The highest BCUT2D eigenvalue weighted by Gasteiger charge is 2.09. The molecule has 0 saturated heterocycles. The molecule has 0 unspecified atom stereocenters. The molecule has 1 atom stereocenters. The molecular formula is C11H10ClN3OS2. The van der Waals surface area contributed by atoms with Gasteiger partial charge in [0.2, 0.25) is 0 Å². The maximum atomic E-state index is 11.7. The summed E-state index contributed by atoms with van der Waals surface area (Å²) >= 11 is 7.05. The van der Waals surface area contributed by atoms with Gasteiger partial charge in [0.05, 0.1) is 17.2 Å². The monoisotopic (exact) mass is 299 g/mol. The van der Waals surface area contributed by atoms with Gasteiger partial charge in [-0.15, -0.1) is 11.3 Å². The normalized spacial score (nSPS) is 12.3. The lowest BCUT2D eigenvalue weighted by Gasteiger charge is -1.97. The molecule has 0 spiro atoms. The van der Waals surface area contributed by atoms with Crippen molar-refractivity contribution in [3.63, 3.8) is 0 Å². The molecule has 0 aliphatic carbocycles. The smallest absolute Gasteiger partial charge is 0.188 e. The van der Waals surface area contributed by atoms with Gasteiger partial charge in [-0.25, -0.2) is 15.0 Å². The van der Waals surface area contributed by atoms with E-state index in [4.69, 9.17) is 11.6 Å². The Balaban J connectivity index is 2.07. The van der Waals surface area contributed by atoms with Crippen LogP contribution < -0.4 is 0 Å². The van der Waals surface area contributed by atoms with E-state index in [9.17, 15) is 4.21 Å². The summed E-state index contributed by atoms with van der Waals surface area (Å²) < 4.78 is 11.7. The SMILES string of the molecule is C=C(Cl)C[S@@](=O)Cc1csc(-c2ncccn2)n1. The van der Waals surface area contributed by atoms with Crippen molar-refractivity contribution in [2.75, 3.05) is 5.75 Å². The number of thiazole rings is 1. The predicted octanol–water partition coefficient (Wildman–Crippen LogP) is 2.60. The Morgan fingerprint density at radius 1 is 1.44 bits per heavy atom. The van der Waals surface area contributed by atoms with E-state index < -0.39 is 10.8 Å². The van der Waals surface area contributed by atoms with Crippen LogP contribution in [0.25, 0.3) is 10.8 Å². The topological polar surface area (TPSA) is 55.7 Å². The molecule has 0 aliphatic heterocycles. The maximum absolute atomic E-state index is 11.7. The zero-order valence-electron chi connectivity index (χ0n) is 9.38. The van der Waals surface area contributed by atoms with Crippen molar-refractivity contribution in [3.8, 4) is 10.8 Å². The van der Waals surface area contributed by atoms with Crippen molar-refractivity contribution in [2.24, 2.45) is 0 Å². The van der Waals surface area contributed by atoms with Gasteiger partial charge in [0.25, 0.3) is 0 Å². The van der Waals surface area contributed by atoms with Crippen molar-refractivity contribution >= 4 is 33.7 Å². The van der Waals surface area contributed by atoms with Gasteiger partial charge in [0, 0.05) is 33.6 Å².